The van der Waals surface area contributed by atoms with Crippen LogP contribution in [0, 0.1) is 41.5 Å². The molecule has 0 spiro atoms. The molecule has 0 radical (unpaired) electrons. The third kappa shape index (κ3) is 11.4. The van der Waals surface area contributed by atoms with Crippen LogP contribution in [0.15, 0.2) is 127 Å². The Morgan fingerprint density at radius 1 is 0.438 bits per heavy atom. The van der Waals surface area contributed by atoms with Gasteiger partial charge in [-0.1, -0.05) is 123 Å². The maximum atomic E-state index is 11.2. The summed E-state index contributed by atoms with van der Waals surface area (Å²) in [6.07, 6.45) is 7.56. The molecule has 7 aromatic carbocycles. The minimum Gasteiger partial charge on any atom is -0.507 e. The molecule has 0 saturated carbocycles. The average molecular weight is 972 g/mol. The molecule has 0 aliphatic heterocycles. The van der Waals surface area contributed by atoms with Crippen molar-refractivity contribution >= 4 is 22.1 Å². The predicted octanol–water partition coefficient (Wildman–Crippen LogP) is 13.3. The van der Waals surface area contributed by atoms with E-state index in [9.17, 15) is 15.3 Å². The van der Waals surface area contributed by atoms with E-state index in [2.05, 4.69) is 91.4 Å². The highest BCUT2D eigenvalue weighted by atomic mass is 16.5. The molecule has 3 heterocycles. The van der Waals surface area contributed by atoms with Gasteiger partial charge in [-0.3, -0.25) is 0 Å². The third-order valence-corrected chi connectivity index (χ3v) is 12.9. The average Bonchev–Trinajstić information content (AvgIpc) is 4.01. The van der Waals surface area contributed by atoms with Crippen LogP contribution in [0.25, 0.3) is 67.6 Å². The van der Waals surface area contributed by atoms with E-state index in [-0.39, 0.29) is 17.2 Å². The second kappa shape index (κ2) is 21.9. The number of phenols is 3. The first-order chi connectivity index (χ1) is 35.3. The number of rotatable bonds is 15. The summed E-state index contributed by atoms with van der Waals surface area (Å²) >= 11 is 0. The molecular weight excluding hydrogens is 911 g/mol. The summed E-state index contributed by atoms with van der Waals surface area (Å²) in [5, 5.41) is 51.4. The Balaban J connectivity index is 0.000000180. The fourth-order valence-electron chi connectivity index (χ4n) is 9.11. The number of ether oxygens (including phenoxy) is 1. The first-order valence-corrected chi connectivity index (χ1v) is 25.0. The summed E-state index contributed by atoms with van der Waals surface area (Å²) in [4.78, 5) is 17.4. The molecule has 0 fully saturated rings. The molecule has 0 bridgehead atoms. The largest absolute Gasteiger partial charge is 0.507 e. The zero-order valence-electron chi connectivity index (χ0n) is 42.6. The summed E-state index contributed by atoms with van der Waals surface area (Å²) in [6, 6.07) is 40.5. The first-order valence-electron chi connectivity index (χ1n) is 25.0. The van der Waals surface area contributed by atoms with E-state index in [1.54, 1.807) is 6.07 Å². The Hall–Kier alpha value is -8.45. The standard InChI is InChI=1S/C33H39N3O2.C27H22N6O2/c1-6-7-8-9-10-11-18-38-26-14-17-29(30(37)21-26)33-35-31(27-15-12-22(2)19-24(27)4)34-32(36-33)28-16-13-23(3)20-25(28)5;1-16-11-18(26(34)24(13-16)32-28-20-7-3-4-8-21(20)29-32)15-19-12-17(2)14-25(27(19)35)33-30-22-9-5-6-10-23(22)31-33/h12-17,19-21,37H,6-11,18H2,1-5H3;3-14,34-35H,15H2,1-2H3. The molecule has 0 unspecified atom stereocenters. The highest BCUT2D eigenvalue weighted by Gasteiger charge is 2.20. The van der Waals surface area contributed by atoms with Gasteiger partial charge in [0.2, 0.25) is 0 Å². The number of aromatic hydroxyl groups is 3. The third-order valence-electron chi connectivity index (χ3n) is 12.9. The Morgan fingerprint density at radius 3 is 1.30 bits per heavy atom. The maximum absolute atomic E-state index is 11.2. The van der Waals surface area contributed by atoms with Crippen LogP contribution in [0.4, 0.5) is 0 Å². The number of aromatic nitrogens is 9. The molecule has 0 aliphatic rings. The van der Waals surface area contributed by atoms with E-state index in [0.29, 0.717) is 64.3 Å². The van der Waals surface area contributed by atoms with Crippen LogP contribution in [-0.2, 0) is 6.42 Å². The zero-order valence-corrected chi connectivity index (χ0v) is 42.6. The number of benzene rings is 7. The van der Waals surface area contributed by atoms with Gasteiger partial charge in [0, 0.05) is 34.7 Å². The summed E-state index contributed by atoms with van der Waals surface area (Å²) in [6.45, 7) is 15.1. The van der Waals surface area contributed by atoms with Gasteiger partial charge in [0.05, 0.1) is 12.2 Å². The lowest BCUT2D eigenvalue weighted by atomic mass is 9.98. The lowest BCUT2D eigenvalue weighted by molar-refractivity contribution is 0.303. The number of unbranched alkanes of at least 4 members (excludes halogenated alkanes) is 5. The number of fused-ring (bicyclic) bond motifs is 2. The van der Waals surface area contributed by atoms with E-state index in [0.717, 1.165) is 68.3 Å². The molecule has 370 valence electrons. The van der Waals surface area contributed by atoms with Crippen LogP contribution in [0.5, 0.6) is 23.0 Å². The number of nitrogens with zero attached hydrogens (tertiary/aromatic N) is 9. The predicted molar refractivity (Wildman–Crippen MR) is 289 cm³/mol. The highest BCUT2D eigenvalue weighted by Crippen LogP contribution is 2.36. The van der Waals surface area contributed by atoms with Crippen molar-refractivity contribution in [3.63, 3.8) is 0 Å². The highest BCUT2D eigenvalue weighted by molar-refractivity contribution is 5.76. The van der Waals surface area contributed by atoms with Gasteiger partial charge >= 0.3 is 0 Å². The van der Waals surface area contributed by atoms with Crippen LogP contribution < -0.4 is 4.74 Å². The Kier molecular flexibility index (Phi) is 14.9. The van der Waals surface area contributed by atoms with Gasteiger partial charge in [0.1, 0.15) is 56.4 Å². The molecule has 10 aromatic rings. The Bertz CT molecular complexity index is 3340. The monoisotopic (exact) mass is 971 g/mol. The quantitative estimate of drug-likeness (QED) is 0.0836. The van der Waals surface area contributed by atoms with Crippen LogP contribution in [0.1, 0.15) is 90.0 Å². The molecule has 3 aromatic heterocycles. The van der Waals surface area contributed by atoms with Crippen molar-refractivity contribution in [3.05, 3.63) is 172 Å². The number of phenolic OH excluding ortho intramolecular Hbond substituents is 3. The van der Waals surface area contributed by atoms with E-state index in [1.165, 1.54) is 46.4 Å². The van der Waals surface area contributed by atoms with Gasteiger partial charge in [-0.15, -0.1) is 30.0 Å². The SMILES string of the molecule is CCCCCCCCOc1ccc(-c2nc(-c3ccc(C)cc3C)nc(-c3ccc(C)cc3C)n2)c(O)c1.Cc1cc(Cc2cc(C)cc(-n3nc4ccccc4n3)c2O)c(O)c(-n2nc3ccccc3n2)c1. The normalized spacial score (nSPS) is 11.3. The van der Waals surface area contributed by atoms with Gasteiger partial charge in [-0.2, -0.15) is 0 Å². The van der Waals surface area contributed by atoms with Crippen LogP contribution in [0.2, 0.25) is 0 Å². The molecule has 13 heteroatoms. The van der Waals surface area contributed by atoms with Crippen molar-refractivity contribution in [3.8, 4) is 68.5 Å². The lowest BCUT2D eigenvalue weighted by Gasteiger charge is -2.14. The van der Waals surface area contributed by atoms with Crippen LogP contribution in [-0.4, -0.2) is 66.9 Å². The molecule has 0 aliphatic carbocycles. The second-order valence-electron chi connectivity index (χ2n) is 19.0. The van der Waals surface area contributed by atoms with Crippen LogP contribution in [0.3, 0.4) is 0 Å². The van der Waals surface area contributed by atoms with E-state index in [4.69, 9.17) is 19.7 Å². The molecule has 0 amide bonds. The number of hydrogen-bond acceptors (Lipinski definition) is 11. The number of aryl methyl sites for hydroxylation is 6. The fraction of sp³-hybridized carbons (Fsp3) is 0.250. The lowest BCUT2D eigenvalue weighted by Crippen LogP contribution is -2.04. The summed E-state index contributed by atoms with van der Waals surface area (Å²) in [5.74, 6) is 2.50. The molecular formula is C60H61N9O4. The first kappa shape index (κ1) is 49.5. The smallest absolute Gasteiger partial charge is 0.167 e. The Labute approximate surface area is 425 Å². The van der Waals surface area contributed by atoms with Crippen molar-refractivity contribution in [1.29, 1.82) is 0 Å². The van der Waals surface area contributed by atoms with Gasteiger partial charge in [0.15, 0.2) is 17.5 Å². The van der Waals surface area contributed by atoms with E-state index in [1.807, 2.05) is 98.8 Å². The summed E-state index contributed by atoms with van der Waals surface area (Å²) in [5.41, 5.74) is 14.2. The number of hydrogen-bond donors (Lipinski definition) is 3. The van der Waals surface area contributed by atoms with E-state index >= 15 is 0 Å². The van der Waals surface area contributed by atoms with Gasteiger partial charge in [-0.05, 0) is 119 Å². The molecule has 0 saturated heterocycles. The maximum Gasteiger partial charge on any atom is 0.167 e. The molecule has 10 rings (SSSR count). The minimum atomic E-state index is 0.0707. The molecule has 0 atom stereocenters. The molecule has 3 N–H and O–H groups in total. The summed E-state index contributed by atoms with van der Waals surface area (Å²) < 4.78 is 5.91. The van der Waals surface area contributed by atoms with Crippen molar-refractivity contribution < 1.29 is 20.1 Å². The molecule has 73 heavy (non-hydrogen) atoms. The zero-order chi connectivity index (χ0) is 51.2. The van der Waals surface area contributed by atoms with Crippen LogP contribution >= 0.6 is 0 Å². The second-order valence-corrected chi connectivity index (χ2v) is 19.0. The minimum absolute atomic E-state index is 0.0707. The summed E-state index contributed by atoms with van der Waals surface area (Å²) in [7, 11) is 0. The van der Waals surface area contributed by atoms with E-state index < -0.39 is 0 Å². The van der Waals surface area contributed by atoms with Gasteiger partial charge < -0.3 is 20.1 Å². The van der Waals surface area contributed by atoms with Crippen molar-refractivity contribution in [2.24, 2.45) is 0 Å². The topological polar surface area (TPSA) is 170 Å². The van der Waals surface area contributed by atoms with Crippen molar-refractivity contribution in [1.82, 2.24) is 44.9 Å². The van der Waals surface area contributed by atoms with Gasteiger partial charge in [-0.25, -0.2) is 15.0 Å². The van der Waals surface area contributed by atoms with Gasteiger partial charge in [0.25, 0.3) is 0 Å². The van der Waals surface area contributed by atoms with Crippen molar-refractivity contribution in [2.45, 2.75) is 93.4 Å². The Morgan fingerprint density at radius 2 is 0.863 bits per heavy atom. The van der Waals surface area contributed by atoms with Crippen molar-refractivity contribution in [2.75, 3.05) is 6.61 Å². The molecule has 13 nitrogen and oxygen atoms in total. The fourth-order valence-corrected chi connectivity index (χ4v) is 9.11.